The van der Waals surface area contributed by atoms with Gasteiger partial charge in [-0.3, -0.25) is 9.48 Å². The molecule has 3 aromatic heterocycles. The molecule has 0 radical (unpaired) electrons. The van der Waals surface area contributed by atoms with E-state index in [-0.39, 0.29) is 23.3 Å². The Kier molecular flexibility index (Phi) is 9.16. The lowest BCUT2D eigenvalue weighted by Crippen LogP contribution is -2.42. The molecule has 1 saturated carbocycles. The molecule has 0 spiro atoms. The number of hydrogen-bond donors (Lipinski definition) is 4. The standard InChI is InChI=1S/C19H21F5N8O.C2HF3O2/c20-14(21)9-31-8-13(16(30-31)19(22,23)24)28-18(33)10-7-26-32-6-5-15(29-17(10)32)27-12-4-2-1-3-11(12)25;3-2(4,5)1(6)7/h5-8,11-12,14H,1-4,9,25H2,(H,27,29)(H,28,33);(H,6,7)/t11-,12+;/m0./s1. The second-order valence-corrected chi connectivity index (χ2v) is 8.60. The maximum Gasteiger partial charge on any atom is 0.490 e. The van der Waals surface area contributed by atoms with Gasteiger partial charge in [-0.15, -0.1) is 0 Å². The quantitative estimate of drug-likeness (QED) is 0.319. The van der Waals surface area contributed by atoms with Crippen LogP contribution in [-0.2, 0) is 17.5 Å². The Hall–Kier alpha value is -4.03. The van der Waals surface area contributed by atoms with Gasteiger partial charge in [0.1, 0.15) is 17.9 Å². The number of aromatic nitrogens is 5. The van der Waals surface area contributed by atoms with Crippen molar-refractivity contribution < 1.29 is 49.8 Å². The maximum atomic E-state index is 13.3. The number of anilines is 2. The molecule has 0 unspecified atom stereocenters. The lowest BCUT2D eigenvalue weighted by molar-refractivity contribution is -0.192. The summed E-state index contributed by atoms with van der Waals surface area (Å²) in [5, 5.41) is 19.6. The average molecular weight is 586 g/mol. The van der Waals surface area contributed by atoms with E-state index in [4.69, 9.17) is 15.6 Å². The normalized spacial score (nSPS) is 17.9. The van der Waals surface area contributed by atoms with E-state index < -0.39 is 48.6 Å². The highest BCUT2D eigenvalue weighted by Gasteiger charge is 2.39. The predicted molar refractivity (Wildman–Crippen MR) is 122 cm³/mol. The Labute approximate surface area is 219 Å². The minimum absolute atomic E-state index is 0.00363. The topological polar surface area (TPSA) is 152 Å². The largest absolute Gasteiger partial charge is 0.490 e. The molecular formula is C21H22F8N8O3. The summed E-state index contributed by atoms with van der Waals surface area (Å²) < 4.78 is 98.5. The Balaban J connectivity index is 0.000000559. The zero-order chi connectivity index (χ0) is 29.8. The van der Waals surface area contributed by atoms with E-state index in [1.54, 1.807) is 12.3 Å². The number of alkyl halides is 8. The van der Waals surface area contributed by atoms with Crippen molar-refractivity contribution in [1.29, 1.82) is 0 Å². The van der Waals surface area contributed by atoms with Gasteiger partial charge in [-0.05, 0) is 18.9 Å². The molecule has 0 aromatic carbocycles. The Morgan fingerprint density at radius 1 is 1.15 bits per heavy atom. The van der Waals surface area contributed by atoms with Crippen molar-refractivity contribution in [2.45, 2.75) is 63.1 Å². The fraction of sp³-hybridized carbons (Fsp3) is 0.476. The second-order valence-electron chi connectivity index (χ2n) is 8.60. The molecule has 11 nitrogen and oxygen atoms in total. The maximum absolute atomic E-state index is 13.3. The SMILES string of the molecule is N[C@H]1CCCC[C@H]1Nc1ccn2ncc(C(=O)Nc3cn(CC(F)F)nc3C(F)(F)F)c2n1.O=C(O)C(F)(F)F. The molecule has 3 aromatic rings. The summed E-state index contributed by atoms with van der Waals surface area (Å²) in [5.41, 5.74) is 3.94. The highest BCUT2D eigenvalue weighted by Crippen LogP contribution is 2.34. The summed E-state index contributed by atoms with van der Waals surface area (Å²) in [6.45, 7) is -1.05. The number of fused-ring (bicyclic) bond motifs is 1. The van der Waals surface area contributed by atoms with Crippen LogP contribution in [0.1, 0.15) is 41.7 Å². The molecule has 0 aliphatic heterocycles. The lowest BCUT2D eigenvalue weighted by Gasteiger charge is -2.29. The number of carbonyl (C=O) groups excluding carboxylic acids is 1. The number of aliphatic carboxylic acids is 1. The number of rotatable bonds is 6. The number of halogens is 8. The van der Waals surface area contributed by atoms with Crippen LogP contribution in [0.4, 0.5) is 46.6 Å². The van der Waals surface area contributed by atoms with Crippen LogP contribution in [0.25, 0.3) is 5.65 Å². The van der Waals surface area contributed by atoms with E-state index >= 15 is 0 Å². The zero-order valence-corrected chi connectivity index (χ0v) is 20.2. The number of hydrogen-bond acceptors (Lipinski definition) is 7. The van der Waals surface area contributed by atoms with Gasteiger partial charge >= 0.3 is 18.3 Å². The third kappa shape index (κ3) is 7.76. The molecule has 2 atom stereocenters. The zero-order valence-electron chi connectivity index (χ0n) is 20.2. The van der Waals surface area contributed by atoms with Crippen molar-refractivity contribution in [2.24, 2.45) is 5.73 Å². The van der Waals surface area contributed by atoms with Crippen molar-refractivity contribution in [3.05, 3.63) is 35.9 Å². The number of carboxylic acid groups (broad SMARTS) is 1. The van der Waals surface area contributed by atoms with Crippen molar-refractivity contribution in [1.82, 2.24) is 24.4 Å². The minimum atomic E-state index is -5.08. The van der Waals surface area contributed by atoms with Gasteiger partial charge in [-0.25, -0.2) is 23.1 Å². The first-order valence-electron chi connectivity index (χ1n) is 11.5. The average Bonchev–Trinajstić information content (AvgIpc) is 3.43. The first-order valence-corrected chi connectivity index (χ1v) is 11.5. The van der Waals surface area contributed by atoms with Crippen LogP contribution in [-0.4, -0.2) is 66.0 Å². The Bertz CT molecular complexity index is 1340. The van der Waals surface area contributed by atoms with Crippen LogP contribution in [0.15, 0.2) is 24.7 Å². The van der Waals surface area contributed by atoms with Gasteiger partial charge in [0.25, 0.3) is 12.3 Å². The number of nitrogens with zero attached hydrogens (tertiary/aromatic N) is 5. The summed E-state index contributed by atoms with van der Waals surface area (Å²) >= 11 is 0. The van der Waals surface area contributed by atoms with Crippen LogP contribution >= 0.6 is 0 Å². The van der Waals surface area contributed by atoms with Gasteiger partial charge in [0.05, 0.1) is 11.9 Å². The third-order valence-corrected chi connectivity index (χ3v) is 5.61. The van der Waals surface area contributed by atoms with E-state index in [9.17, 15) is 39.9 Å². The van der Waals surface area contributed by atoms with E-state index in [1.807, 2.05) is 0 Å². The van der Waals surface area contributed by atoms with Gasteiger partial charge in [0.15, 0.2) is 11.3 Å². The van der Waals surface area contributed by atoms with Crippen LogP contribution < -0.4 is 16.4 Å². The van der Waals surface area contributed by atoms with Crippen molar-refractivity contribution in [2.75, 3.05) is 10.6 Å². The molecule has 19 heteroatoms. The van der Waals surface area contributed by atoms with Crippen molar-refractivity contribution in [3.63, 3.8) is 0 Å². The summed E-state index contributed by atoms with van der Waals surface area (Å²) in [5.74, 6) is -3.25. The molecule has 5 N–H and O–H groups in total. The molecule has 1 aliphatic rings. The van der Waals surface area contributed by atoms with Gasteiger partial charge in [-0.2, -0.15) is 36.5 Å². The molecule has 0 saturated heterocycles. The van der Waals surface area contributed by atoms with Gasteiger partial charge in [0, 0.05) is 24.5 Å². The number of amides is 1. The lowest BCUT2D eigenvalue weighted by atomic mass is 9.91. The molecule has 0 bridgehead atoms. The monoisotopic (exact) mass is 586 g/mol. The van der Waals surface area contributed by atoms with E-state index in [1.165, 1.54) is 4.52 Å². The van der Waals surface area contributed by atoms with E-state index in [0.717, 1.165) is 31.9 Å². The first kappa shape index (κ1) is 30.5. The number of carbonyl (C=O) groups is 2. The van der Waals surface area contributed by atoms with E-state index in [0.29, 0.717) is 16.7 Å². The second kappa shape index (κ2) is 12.0. The number of nitrogens with one attached hydrogen (secondary N) is 2. The summed E-state index contributed by atoms with van der Waals surface area (Å²) in [6, 6.07) is 1.61. The third-order valence-electron chi connectivity index (χ3n) is 5.61. The molecule has 4 rings (SSSR count). The minimum Gasteiger partial charge on any atom is -0.475 e. The van der Waals surface area contributed by atoms with Crippen LogP contribution in [0, 0.1) is 0 Å². The van der Waals surface area contributed by atoms with E-state index in [2.05, 4.69) is 25.8 Å². The van der Waals surface area contributed by atoms with Gasteiger partial charge in [-0.1, -0.05) is 12.8 Å². The molecule has 3 heterocycles. The summed E-state index contributed by atoms with van der Waals surface area (Å²) in [6.07, 6.45) is -5.72. The van der Waals surface area contributed by atoms with Crippen LogP contribution in [0.2, 0.25) is 0 Å². The fourth-order valence-corrected chi connectivity index (χ4v) is 3.78. The van der Waals surface area contributed by atoms with Gasteiger partial charge in [0.2, 0.25) is 0 Å². The highest BCUT2D eigenvalue weighted by molar-refractivity contribution is 6.08. The molecule has 220 valence electrons. The number of carboxylic acids is 1. The van der Waals surface area contributed by atoms with Crippen LogP contribution in [0.5, 0.6) is 0 Å². The molecule has 40 heavy (non-hydrogen) atoms. The van der Waals surface area contributed by atoms with Crippen molar-refractivity contribution >= 4 is 29.0 Å². The molecular weight excluding hydrogens is 564 g/mol. The summed E-state index contributed by atoms with van der Waals surface area (Å²) in [4.78, 5) is 26.0. The highest BCUT2D eigenvalue weighted by atomic mass is 19.4. The van der Waals surface area contributed by atoms with Gasteiger partial charge < -0.3 is 21.5 Å². The smallest absolute Gasteiger partial charge is 0.475 e. The Morgan fingerprint density at radius 3 is 2.38 bits per heavy atom. The molecule has 1 amide bonds. The van der Waals surface area contributed by atoms with Crippen molar-refractivity contribution in [3.8, 4) is 0 Å². The molecule has 1 fully saturated rings. The summed E-state index contributed by atoms with van der Waals surface area (Å²) in [7, 11) is 0. The first-order chi connectivity index (χ1) is 18.6. The number of nitrogens with two attached hydrogens (primary N) is 1. The predicted octanol–water partition coefficient (Wildman–Crippen LogP) is 3.78. The Morgan fingerprint density at radius 2 is 1.80 bits per heavy atom. The molecule has 1 aliphatic carbocycles. The van der Waals surface area contributed by atoms with Crippen LogP contribution in [0.3, 0.4) is 0 Å². The fourth-order valence-electron chi connectivity index (χ4n) is 3.78.